The molecule has 0 aliphatic carbocycles. The molecule has 0 bridgehead atoms. The number of hydrogen-bond donors (Lipinski definition) is 1. The summed E-state index contributed by atoms with van der Waals surface area (Å²) < 4.78 is 27.2. The standard InChI is InChI=1S/C16H10ClF2NO/c1-8-5-9(13(19)6-12(8)18)16(21)10-7-20-14-4-2-3-11(17)15(10)14/h2-7,20H,1H3. The quantitative estimate of drug-likeness (QED) is 0.687. The van der Waals surface area contributed by atoms with Gasteiger partial charge in [-0.25, -0.2) is 8.78 Å². The van der Waals surface area contributed by atoms with E-state index in [-0.39, 0.29) is 16.7 Å². The highest BCUT2D eigenvalue weighted by atomic mass is 35.5. The fourth-order valence-corrected chi connectivity index (χ4v) is 2.57. The average molecular weight is 306 g/mol. The van der Waals surface area contributed by atoms with E-state index in [4.69, 9.17) is 11.6 Å². The van der Waals surface area contributed by atoms with Crippen LogP contribution in [0, 0.1) is 18.6 Å². The van der Waals surface area contributed by atoms with Crippen LogP contribution in [-0.2, 0) is 0 Å². The normalized spacial score (nSPS) is 11.0. The molecule has 1 heterocycles. The molecule has 0 unspecified atom stereocenters. The summed E-state index contributed by atoms with van der Waals surface area (Å²) in [5, 5.41) is 0.932. The second kappa shape index (κ2) is 4.97. The van der Waals surface area contributed by atoms with Crippen molar-refractivity contribution in [2.45, 2.75) is 6.92 Å². The Morgan fingerprint density at radius 2 is 1.90 bits per heavy atom. The maximum atomic E-state index is 13.9. The van der Waals surface area contributed by atoms with E-state index in [0.717, 1.165) is 6.07 Å². The van der Waals surface area contributed by atoms with Crippen LogP contribution in [0.1, 0.15) is 21.5 Å². The molecular formula is C16H10ClF2NO. The molecule has 0 fully saturated rings. The molecule has 2 nitrogen and oxygen atoms in total. The van der Waals surface area contributed by atoms with Gasteiger partial charge in [0, 0.05) is 28.7 Å². The zero-order valence-electron chi connectivity index (χ0n) is 11.0. The van der Waals surface area contributed by atoms with E-state index in [1.165, 1.54) is 19.2 Å². The lowest BCUT2D eigenvalue weighted by molar-refractivity contribution is 0.103. The van der Waals surface area contributed by atoms with Crippen LogP contribution >= 0.6 is 11.6 Å². The summed E-state index contributed by atoms with van der Waals surface area (Å²) in [5.41, 5.74) is 0.992. The zero-order valence-corrected chi connectivity index (χ0v) is 11.8. The first-order chi connectivity index (χ1) is 9.99. The monoisotopic (exact) mass is 305 g/mol. The Morgan fingerprint density at radius 3 is 2.67 bits per heavy atom. The third-order valence-corrected chi connectivity index (χ3v) is 3.71. The first-order valence-corrected chi connectivity index (χ1v) is 6.63. The Balaban J connectivity index is 2.20. The van der Waals surface area contributed by atoms with Gasteiger partial charge in [-0.15, -0.1) is 0 Å². The number of ketones is 1. The number of benzene rings is 2. The number of H-pyrrole nitrogens is 1. The topological polar surface area (TPSA) is 32.9 Å². The highest BCUT2D eigenvalue weighted by Crippen LogP contribution is 2.29. The van der Waals surface area contributed by atoms with E-state index in [1.54, 1.807) is 18.2 Å². The maximum absolute atomic E-state index is 13.9. The molecule has 0 radical (unpaired) electrons. The fraction of sp³-hybridized carbons (Fsp3) is 0.0625. The molecule has 21 heavy (non-hydrogen) atoms. The van der Waals surface area contributed by atoms with Crippen molar-refractivity contribution in [3.63, 3.8) is 0 Å². The highest BCUT2D eigenvalue weighted by Gasteiger charge is 2.20. The summed E-state index contributed by atoms with van der Waals surface area (Å²) in [5.74, 6) is -2.10. The molecule has 0 aliphatic rings. The van der Waals surface area contributed by atoms with Gasteiger partial charge in [0.15, 0.2) is 5.78 Å². The number of nitrogens with one attached hydrogen (secondary N) is 1. The molecule has 3 aromatic rings. The second-order valence-electron chi connectivity index (χ2n) is 4.78. The Labute approximate surface area is 124 Å². The SMILES string of the molecule is Cc1cc(C(=O)c2c[nH]c3cccc(Cl)c23)c(F)cc1F. The van der Waals surface area contributed by atoms with E-state index in [2.05, 4.69) is 4.98 Å². The van der Waals surface area contributed by atoms with Gasteiger partial charge in [-0.1, -0.05) is 17.7 Å². The Morgan fingerprint density at radius 1 is 1.14 bits per heavy atom. The van der Waals surface area contributed by atoms with E-state index >= 15 is 0 Å². The fourth-order valence-electron chi connectivity index (χ4n) is 2.30. The van der Waals surface area contributed by atoms with Crippen LogP contribution in [0.15, 0.2) is 36.5 Å². The van der Waals surface area contributed by atoms with Gasteiger partial charge >= 0.3 is 0 Å². The Hall–Kier alpha value is -2.20. The van der Waals surface area contributed by atoms with Gasteiger partial charge in [0.25, 0.3) is 0 Å². The second-order valence-corrected chi connectivity index (χ2v) is 5.18. The van der Waals surface area contributed by atoms with Crippen molar-refractivity contribution in [1.82, 2.24) is 4.98 Å². The number of carbonyl (C=O) groups is 1. The minimum Gasteiger partial charge on any atom is -0.360 e. The molecule has 0 atom stereocenters. The Bertz CT molecular complexity index is 870. The van der Waals surface area contributed by atoms with Crippen molar-refractivity contribution < 1.29 is 13.6 Å². The largest absolute Gasteiger partial charge is 0.360 e. The number of rotatable bonds is 2. The van der Waals surface area contributed by atoms with E-state index in [0.29, 0.717) is 15.9 Å². The first-order valence-electron chi connectivity index (χ1n) is 6.25. The van der Waals surface area contributed by atoms with Gasteiger partial charge in [-0.05, 0) is 30.7 Å². The highest BCUT2D eigenvalue weighted by molar-refractivity contribution is 6.37. The molecular weight excluding hydrogens is 296 g/mol. The molecule has 106 valence electrons. The van der Waals surface area contributed by atoms with Crippen molar-refractivity contribution in [3.05, 3.63) is 69.9 Å². The Kier molecular flexibility index (Phi) is 3.26. The molecule has 0 saturated heterocycles. The van der Waals surface area contributed by atoms with Crippen molar-refractivity contribution in [2.24, 2.45) is 0 Å². The molecule has 0 saturated carbocycles. The number of hydrogen-bond acceptors (Lipinski definition) is 1. The summed E-state index contributed by atoms with van der Waals surface area (Å²) in [6.45, 7) is 1.48. The van der Waals surface area contributed by atoms with Gasteiger partial charge in [0.2, 0.25) is 0 Å². The van der Waals surface area contributed by atoms with Crippen molar-refractivity contribution in [1.29, 1.82) is 0 Å². The van der Waals surface area contributed by atoms with Crippen LogP contribution in [0.5, 0.6) is 0 Å². The lowest BCUT2D eigenvalue weighted by atomic mass is 10.0. The third-order valence-electron chi connectivity index (χ3n) is 3.39. The molecule has 0 amide bonds. The van der Waals surface area contributed by atoms with Gasteiger partial charge in [0.1, 0.15) is 11.6 Å². The predicted molar refractivity (Wildman–Crippen MR) is 77.8 cm³/mol. The van der Waals surface area contributed by atoms with Crippen LogP contribution in [-0.4, -0.2) is 10.8 Å². The van der Waals surface area contributed by atoms with Crippen LogP contribution in [0.25, 0.3) is 10.9 Å². The maximum Gasteiger partial charge on any atom is 0.198 e. The van der Waals surface area contributed by atoms with Crippen LogP contribution < -0.4 is 0 Å². The molecule has 1 aromatic heterocycles. The van der Waals surface area contributed by atoms with Crippen molar-refractivity contribution in [2.75, 3.05) is 0 Å². The van der Waals surface area contributed by atoms with Crippen LogP contribution in [0.3, 0.4) is 0 Å². The lowest BCUT2D eigenvalue weighted by Gasteiger charge is -2.05. The van der Waals surface area contributed by atoms with Gasteiger partial charge in [-0.2, -0.15) is 0 Å². The van der Waals surface area contributed by atoms with Crippen molar-refractivity contribution >= 4 is 28.3 Å². The van der Waals surface area contributed by atoms with E-state index in [1.807, 2.05) is 0 Å². The van der Waals surface area contributed by atoms with Crippen LogP contribution in [0.2, 0.25) is 5.02 Å². The van der Waals surface area contributed by atoms with Gasteiger partial charge in [0.05, 0.1) is 10.6 Å². The minimum absolute atomic E-state index is 0.172. The number of halogens is 3. The van der Waals surface area contributed by atoms with Crippen molar-refractivity contribution in [3.8, 4) is 0 Å². The number of aryl methyl sites for hydroxylation is 1. The lowest BCUT2D eigenvalue weighted by Crippen LogP contribution is -2.05. The average Bonchev–Trinajstić information content (AvgIpc) is 2.87. The summed E-state index contributed by atoms with van der Waals surface area (Å²) >= 11 is 6.11. The predicted octanol–water partition coefficient (Wildman–Crippen LogP) is 4.64. The molecule has 3 rings (SSSR count). The minimum atomic E-state index is -0.885. The van der Waals surface area contributed by atoms with E-state index in [9.17, 15) is 13.6 Å². The zero-order chi connectivity index (χ0) is 15.1. The number of carbonyl (C=O) groups excluding carboxylic acids is 1. The summed E-state index contributed by atoms with van der Waals surface area (Å²) in [6, 6.07) is 7.10. The molecule has 1 N–H and O–H groups in total. The molecule has 5 heteroatoms. The summed E-state index contributed by atoms with van der Waals surface area (Å²) in [4.78, 5) is 15.4. The van der Waals surface area contributed by atoms with Gasteiger partial charge in [-0.3, -0.25) is 4.79 Å². The third kappa shape index (κ3) is 2.21. The molecule has 0 spiro atoms. The van der Waals surface area contributed by atoms with Crippen LogP contribution in [0.4, 0.5) is 8.78 Å². The number of fused-ring (bicyclic) bond motifs is 1. The smallest absolute Gasteiger partial charge is 0.198 e. The van der Waals surface area contributed by atoms with Gasteiger partial charge < -0.3 is 4.98 Å². The molecule has 0 aliphatic heterocycles. The number of aromatic nitrogens is 1. The van der Waals surface area contributed by atoms with E-state index < -0.39 is 17.4 Å². The summed E-state index contributed by atoms with van der Waals surface area (Å²) in [6.07, 6.45) is 1.48. The molecule has 2 aromatic carbocycles. The summed E-state index contributed by atoms with van der Waals surface area (Å²) in [7, 11) is 0. The first kappa shape index (κ1) is 13.8. The number of aromatic amines is 1.